The molecule has 0 saturated carbocycles. The van der Waals surface area contributed by atoms with E-state index in [1.807, 2.05) is 42.9 Å². The fourth-order valence-electron chi connectivity index (χ4n) is 2.21. The van der Waals surface area contributed by atoms with Crippen molar-refractivity contribution in [3.63, 3.8) is 0 Å². The number of hydrogen-bond acceptors (Lipinski definition) is 4. The minimum Gasteiger partial charge on any atom is -0.493 e. The molecule has 3 rings (SSSR count). The third-order valence-corrected chi connectivity index (χ3v) is 3.88. The predicted molar refractivity (Wildman–Crippen MR) is 101 cm³/mol. The van der Waals surface area contributed by atoms with Crippen LogP contribution in [0.15, 0.2) is 65.3 Å². The van der Waals surface area contributed by atoms with Gasteiger partial charge >= 0.3 is 0 Å². The van der Waals surface area contributed by atoms with Crippen LogP contribution in [0.4, 0.5) is 5.69 Å². The number of aryl methyl sites for hydroxylation is 1. The van der Waals surface area contributed by atoms with Crippen LogP contribution in [0.3, 0.4) is 0 Å². The highest BCUT2D eigenvalue weighted by Gasteiger charge is 2.13. The Hall–Kier alpha value is -2.67. The van der Waals surface area contributed by atoms with Gasteiger partial charge in [0, 0.05) is 24.7 Å². The summed E-state index contributed by atoms with van der Waals surface area (Å²) in [7, 11) is 1.92. The summed E-state index contributed by atoms with van der Waals surface area (Å²) in [5.74, 6) is 0.884. The van der Waals surface area contributed by atoms with Crippen molar-refractivity contribution >= 4 is 21.6 Å². The highest BCUT2D eigenvalue weighted by Crippen LogP contribution is 2.34. The predicted octanol–water partition coefficient (Wildman–Crippen LogP) is 4.84. The van der Waals surface area contributed by atoms with Crippen LogP contribution in [0.25, 0.3) is 11.3 Å². The lowest BCUT2D eigenvalue weighted by molar-refractivity contribution is -0.384. The average Bonchev–Trinajstić information content (AvgIpc) is 2.96. The van der Waals surface area contributed by atoms with Gasteiger partial charge in [0.05, 0.1) is 27.9 Å². The van der Waals surface area contributed by atoms with E-state index in [1.54, 1.807) is 24.4 Å². The molecule has 0 atom stereocenters. The molecule has 130 valence electrons. The Morgan fingerprint density at radius 2 is 1.80 bits per heavy atom. The fraction of sp³-hybridized carbons (Fsp3) is 0.167. The standard InChI is InChI=1S/C12H13BrN2O.C6H5NO2/c1-3-16-11-7-5-4-6-9(11)12-10(13)8-14-15(12)2;8-7(9)6-4-2-1-3-5-6/h4-8H,3H2,1-2H3;1-5H. The van der Waals surface area contributed by atoms with Crippen molar-refractivity contribution in [1.82, 2.24) is 9.78 Å². The third-order valence-electron chi connectivity index (χ3n) is 3.30. The van der Waals surface area contributed by atoms with Crippen molar-refractivity contribution in [2.24, 2.45) is 7.05 Å². The van der Waals surface area contributed by atoms with Crippen molar-refractivity contribution in [3.8, 4) is 17.0 Å². The molecule has 0 saturated heterocycles. The quantitative estimate of drug-likeness (QED) is 0.461. The molecule has 0 unspecified atom stereocenters. The normalized spacial score (nSPS) is 9.88. The third kappa shape index (κ3) is 4.90. The van der Waals surface area contributed by atoms with Crippen LogP contribution in [0.5, 0.6) is 5.75 Å². The van der Waals surface area contributed by atoms with Crippen LogP contribution >= 0.6 is 15.9 Å². The van der Waals surface area contributed by atoms with Crippen LogP contribution in [0, 0.1) is 10.1 Å². The second-order valence-electron chi connectivity index (χ2n) is 4.99. The second kappa shape index (κ2) is 8.98. The zero-order chi connectivity index (χ0) is 18.2. The molecule has 3 aromatic rings. The van der Waals surface area contributed by atoms with Gasteiger partial charge in [-0.15, -0.1) is 0 Å². The van der Waals surface area contributed by atoms with E-state index in [0.717, 1.165) is 21.5 Å². The number of para-hydroxylation sites is 2. The lowest BCUT2D eigenvalue weighted by Crippen LogP contribution is -1.98. The summed E-state index contributed by atoms with van der Waals surface area (Å²) in [5, 5.41) is 14.2. The van der Waals surface area contributed by atoms with Crippen LogP contribution in [0.2, 0.25) is 0 Å². The minimum absolute atomic E-state index is 0.137. The van der Waals surface area contributed by atoms with Crippen molar-refractivity contribution in [2.75, 3.05) is 6.61 Å². The number of rotatable bonds is 4. The van der Waals surface area contributed by atoms with Crippen molar-refractivity contribution < 1.29 is 9.66 Å². The van der Waals surface area contributed by atoms with Crippen LogP contribution in [-0.4, -0.2) is 21.3 Å². The first-order chi connectivity index (χ1) is 12.0. The summed E-state index contributed by atoms with van der Waals surface area (Å²) in [5.41, 5.74) is 2.22. The Labute approximate surface area is 154 Å². The van der Waals surface area contributed by atoms with Crippen molar-refractivity contribution in [2.45, 2.75) is 6.92 Å². The Morgan fingerprint density at radius 1 is 1.16 bits per heavy atom. The Balaban J connectivity index is 0.000000212. The van der Waals surface area contributed by atoms with Gasteiger partial charge in [-0.05, 0) is 35.0 Å². The molecule has 0 radical (unpaired) electrons. The van der Waals surface area contributed by atoms with E-state index in [0.29, 0.717) is 6.61 Å². The van der Waals surface area contributed by atoms with Gasteiger partial charge in [-0.1, -0.05) is 30.3 Å². The summed E-state index contributed by atoms with van der Waals surface area (Å²) in [6, 6.07) is 15.9. The van der Waals surface area contributed by atoms with E-state index in [-0.39, 0.29) is 5.69 Å². The first-order valence-electron chi connectivity index (χ1n) is 7.63. The highest BCUT2D eigenvalue weighted by atomic mass is 79.9. The highest BCUT2D eigenvalue weighted by molar-refractivity contribution is 9.10. The second-order valence-corrected chi connectivity index (χ2v) is 5.84. The molecule has 6 nitrogen and oxygen atoms in total. The van der Waals surface area contributed by atoms with Gasteiger partial charge in [0.2, 0.25) is 0 Å². The van der Waals surface area contributed by atoms with Gasteiger partial charge in [-0.2, -0.15) is 5.10 Å². The van der Waals surface area contributed by atoms with E-state index in [2.05, 4.69) is 21.0 Å². The van der Waals surface area contributed by atoms with Crippen LogP contribution < -0.4 is 4.74 Å². The lowest BCUT2D eigenvalue weighted by Gasteiger charge is -2.10. The topological polar surface area (TPSA) is 70.2 Å². The number of nitrogens with zero attached hydrogens (tertiary/aromatic N) is 3. The summed E-state index contributed by atoms with van der Waals surface area (Å²) < 4.78 is 8.42. The maximum atomic E-state index is 10.0. The van der Waals surface area contributed by atoms with Gasteiger partial charge in [0.1, 0.15) is 5.75 Å². The maximum Gasteiger partial charge on any atom is 0.269 e. The van der Waals surface area contributed by atoms with Gasteiger partial charge in [0.25, 0.3) is 5.69 Å². The fourth-order valence-corrected chi connectivity index (χ4v) is 2.77. The smallest absolute Gasteiger partial charge is 0.269 e. The molecule has 0 aliphatic carbocycles. The molecule has 0 amide bonds. The molecule has 0 fully saturated rings. The Morgan fingerprint density at radius 3 is 2.32 bits per heavy atom. The first kappa shape index (κ1) is 18.7. The lowest BCUT2D eigenvalue weighted by atomic mass is 10.1. The van der Waals surface area contributed by atoms with Gasteiger partial charge in [-0.3, -0.25) is 14.8 Å². The van der Waals surface area contributed by atoms with E-state index in [1.165, 1.54) is 12.1 Å². The van der Waals surface area contributed by atoms with Crippen molar-refractivity contribution in [3.05, 3.63) is 75.4 Å². The molecule has 25 heavy (non-hydrogen) atoms. The molecule has 7 heteroatoms. The maximum absolute atomic E-state index is 10.0. The summed E-state index contributed by atoms with van der Waals surface area (Å²) >= 11 is 3.50. The van der Waals surface area contributed by atoms with E-state index in [9.17, 15) is 10.1 Å². The first-order valence-corrected chi connectivity index (χ1v) is 8.43. The van der Waals surface area contributed by atoms with Gasteiger partial charge in [-0.25, -0.2) is 0 Å². The zero-order valence-electron chi connectivity index (χ0n) is 13.9. The van der Waals surface area contributed by atoms with Crippen molar-refractivity contribution in [1.29, 1.82) is 0 Å². The van der Waals surface area contributed by atoms with Gasteiger partial charge < -0.3 is 4.74 Å². The van der Waals surface area contributed by atoms with E-state index >= 15 is 0 Å². The number of non-ortho nitro benzene ring substituents is 1. The number of nitro benzene ring substituents is 1. The monoisotopic (exact) mass is 403 g/mol. The number of nitro groups is 1. The van der Waals surface area contributed by atoms with Gasteiger partial charge in [0.15, 0.2) is 0 Å². The molecular formula is C18H18BrN3O3. The minimum atomic E-state index is -0.417. The number of aromatic nitrogens is 2. The molecule has 0 aliphatic heterocycles. The molecule has 0 N–H and O–H groups in total. The van der Waals surface area contributed by atoms with Crippen LogP contribution in [0.1, 0.15) is 6.92 Å². The summed E-state index contributed by atoms with van der Waals surface area (Å²) in [6.45, 7) is 2.64. The molecule has 0 bridgehead atoms. The molecular weight excluding hydrogens is 386 g/mol. The number of halogens is 1. The van der Waals surface area contributed by atoms with E-state index in [4.69, 9.17) is 4.74 Å². The molecule has 1 aromatic heterocycles. The Kier molecular flexibility index (Phi) is 6.71. The Bertz CT molecular complexity index is 815. The molecule has 0 spiro atoms. The number of benzene rings is 2. The number of ether oxygens (including phenoxy) is 1. The SMILES string of the molecule is CCOc1ccccc1-c1c(Br)cnn1C.O=[N+]([O-])c1ccccc1. The summed E-state index contributed by atoms with van der Waals surface area (Å²) in [4.78, 5) is 9.59. The number of hydrogen-bond donors (Lipinski definition) is 0. The average molecular weight is 404 g/mol. The summed E-state index contributed by atoms with van der Waals surface area (Å²) in [6.07, 6.45) is 1.79. The van der Waals surface area contributed by atoms with E-state index < -0.39 is 4.92 Å². The van der Waals surface area contributed by atoms with Crippen LogP contribution in [-0.2, 0) is 7.05 Å². The largest absolute Gasteiger partial charge is 0.493 e. The zero-order valence-corrected chi connectivity index (χ0v) is 15.5. The molecule has 0 aliphatic rings. The molecule has 2 aromatic carbocycles. The molecule has 1 heterocycles.